The van der Waals surface area contributed by atoms with Gasteiger partial charge in [0.25, 0.3) is 0 Å². The molecule has 76 valence electrons. The van der Waals surface area contributed by atoms with Crippen LogP contribution in [0.15, 0.2) is 22.7 Å². The lowest BCUT2D eigenvalue weighted by Gasteiger charge is -2.03. The Morgan fingerprint density at radius 1 is 1.40 bits per heavy atom. The largest absolute Gasteiger partial charge is 0.476 e. The molecule has 0 spiro atoms. The summed E-state index contributed by atoms with van der Waals surface area (Å²) in [7, 11) is 0. The van der Waals surface area contributed by atoms with Crippen LogP contribution >= 0.6 is 15.9 Å². The van der Waals surface area contributed by atoms with Crippen LogP contribution in [0, 0.1) is 6.92 Å². The fourth-order valence-electron chi connectivity index (χ4n) is 1.38. The Bertz CT molecular complexity index is 549. The van der Waals surface area contributed by atoms with Crippen molar-refractivity contribution in [2.75, 3.05) is 0 Å². The van der Waals surface area contributed by atoms with E-state index in [1.807, 2.05) is 0 Å². The number of aryl methyl sites for hydroxylation is 1. The molecular formula is C10H7BrN2O2. The average Bonchev–Trinajstić information content (AvgIpc) is 2.15. The van der Waals surface area contributed by atoms with E-state index in [1.165, 1.54) is 0 Å². The van der Waals surface area contributed by atoms with E-state index in [1.54, 1.807) is 25.1 Å². The average molecular weight is 267 g/mol. The van der Waals surface area contributed by atoms with Crippen LogP contribution in [0.25, 0.3) is 10.9 Å². The van der Waals surface area contributed by atoms with E-state index < -0.39 is 5.97 Å². The lowest BCUT2D eigenvalue weighted by Crippen LogP contribution is -2.04. The Morgan fingerprint density at radius 2 is 2.13 bits per heavy atom. The number of hydrogen-bond donors (Lipinski definition) is 1. The van der Waals surface area contributed by atoms with Crippen molar-refractivity contribution < 1.29 is 9.90 Å². The standard InChI is InChI=1S/C10H7BrN2O2/c1-5-12-8-4-6(11)2-3-7(8)9(13-5)10(14)15/h2-4H,1H3,(H,14,15). The zero-order valence-electron chi connectivity index (χ0n) is 7.86. The normalized spacial score (nSPS) is 10.5. The SMILES string of the molecule is Cc1nc(C(=O)O)c2ccc(Br)cc2n1. The van der Waals surface area contributed by atoms with E-state index in [0.29, 0.717) is 16.7 Å². The Balaban J connectivity index is 2.86. The molecule has 4 nitrogen and oxygen atoms in total. The first-order valence-electron chi connectivity index (χ1n) is 4.25. The highest BCUT2D eigenvalue weighted by Gasteiger charge is 2.12. The van der Waals surface area contributed by atoms with Gasteiger partial charge < -0.3 is 5.11 Å². The van der Waals surface area contributed by atoms with Gasteiger partial charge >= 0.3 is 5.97 Å². The first-order chi connectivity index (χ1) is 7.08. The molecule has 0 saturated carbocycles. The van der Waals surface area contributed by atoms with Gasteiger partial charge in [-0.3, -0.25) is 0 Å². The van der Waals surface area contributed by atoms with Crippen molar-refractivity contribution in [3.63, 3.8) is 0 Å². The molecule has 1 aromatic carbocycles. The van der Waals surface area contributed by atoms with Crippen molar-refractivity contribution in [1.82, 2.24) is 9.97 Å². The number of hydrogen-bond acceptors (Lipinski definition) is 3. The predicted octanol–water partition coefficient (Wildman–Crippen LogP) is 2.40. The first-order valence-corrected chi connectivity index (χ1v) is 5.04. The molecule has 0 bridgehead atoms. The molecule has 0 aliphatic carbocycles. The summed E-state index contributed by atoms with van der Waals surface area (Å²) in [6.45, 7) is 1.67. The number of nitrogens with zero attached hydrogens (tertiary/aromatic N) is 2. The van der Waals surface area contributed by atoms with Crippen LogP contribution in [0.5, 0.6) is 0 Å². The lowest BCUT2D eigenvalue weighted by molar-refractivity contribution is 0.0692. The third-order valence-corrected chi connectivity index (χ3v) is 2.47. The van der Waals surface area contributed by atoms with Gasteiger partial charge in [0.15, 0.2) is 5.69 Å². The van der Waals surface area contributed by atoms with Gasteiger partial charge in [-0.1, -0.05) is 15.9 Å². The molecular weight excluding hydrogens is 260 g/mol. The van der Waals surface area contributed by atoms with Crippen LogP contribution in [0.2, 0.25) is 0 Å². The molecule has 0 radical (unpaired) electrons. The van der Waals surface area contributed by atoms with Crippen LogP contribution in [-0.4, -0.2) is 21.0 Å². The van der Waals surface area contributed by atoms with Gasteiger partial charge in [-0.25, -0.2) is 14.8 Å². The van der Waals surface area contributed by atoms with Gasteiger partial charge in [-0.15, -0.1) is 0 Å². The molecule has 0 amide bonds. The third kappa shape index (κ3) is 1.83. The highest BCUT2D eigenvalue weighted by atomic mass is 79.9. The maximum atomic E-state index is 11.0. The smallest absolute Gasteiger partial charge is 0.355 e. The minimum atomic E-state index is -1.03. The van der Waals surface area contributed by atoms with E-state index >= 15 is 0 Å². The molecule has 2 aromatic rings. The molecule has 2 rings (SSSR count). The maximum absolute atomic E-state index is 11.0. The van der Waals surface area contributed by atoms with Crippen LogP contribution < -0.4 is 0 Å². The Hall–Kier alpha value is -1.49. The van der Waals surface area contributed by atoms with Crippen molar-refractivity contribution >= 4 is 32.8 Å². The summed E-state index contributed by atoms with van der Waals surface area (Å²) < 4.78 is 0.865. The van der Waals surface area contributed by atoms with E-state index in [9.17, 15) is 4.79 Å². The highest BCUT2D eigenvalue weighted by Crippen LogP contribution is 2.20. The molecule has 0 aliphatic rings. The van der Waals surface area contributed by atoms with Crippen LogP contribution in [0.4, 0.5) is 0 Å². The van der Waals surface area contributed by atoms with Crippen LogP contribution in [0.1, 0.15) is 16.3 Å². The third-order valence-electron chi connectivity index (χ3n) is 1.97. The fourth-order valence-corrected chi connectivity index (χ4v) is 1.73. The van der Waals surface area contributed by atoms with E-state index in [2.05, 4.69) is 25.9 Å². The topological polar surface area (TPSA) is 63.1 Å². The Kier molecular flexibility index (Phi) is 2.40. The van der Waals surface area contributed by atoms with E-state index in [0.717, 1.165) is 4.47 Å². The highest BCUT2D eigenvalue weighted by molar-refractivity contribution is 9.10. The summed E-state index contributed by atoms with van der Waals surface area (Å²) in [4.78, 5) is 19.0. The Morgan fingerprint density at radius 3 is 2.80 bits per heavy atom. The second-order valence-corrected chi connectivity index (χ2v) is 4.00. The quantitative estimate of drug-likeness (QED) is 0.861. The number of rotatable bonds is 1. The van der Waals surface area contributed by atoms with Crippen molar-refractivity contribution in [3.8, 4) is 0 Å². The van der Waals surface area contributed by atoms with Gasteiger partial charge in [0.2, 0.25) is 0 Å². The summed E-state index contributed by atoms with van der Waals surface area (Å²) in [5.41, 5.74) is 0.680. The number of carboxylic acids is 1. The molecule has 1 N–H and O–H groups in total. The van der Waals surface area contributed by atoms with Gasteiger partial charge in [-0.05, 0) is 25.1 Å². The molecule has 5 heteroatoms. The summed E-state index contributed by atoms with van der Waals surface area (Å²) in [6.07, 6.45) is 0. The monoisotopic (exact) mass is 266 g/mol. The number of aromatic nitrogens is 2. The minimum absolute atomic E-state index is 0.0463. The summed E-state index contributed by atoms with van der Waals surface area (Å²) in [5, 5.41) is 9.53. The molecule has 0 unspecified atom stereocenters. The number of carbonyl (C=O) groups is 1. The Labute approximate surface area is 94.1 Å². The van der Waals surface area contributed by atoms with Crippen LogP contribution in [-0.2, 0) is 0 Å². The van der Waals surface area contributed by atoms with Crippen molar-refractivity contribution in [1.29, 1.82) is 0 Å². The lowest BCUT2D eigenvalue weighted by atomic mass is 10.2. The molecule has 15 heavy (non-hydrogen) atoms. The van der Waals surface area contributed by atoms with E-state index in [4.69, 9.17) is 5.11 Å². The zero-order chi connectivity index (χ0) is 11.0. The van der Waals surface area contributed by atoms with Gasteiger partial charge in [0.1, 0.15) is 5.82 Å². The van der Waals surface area contributed by atoms with Gasteiger partial charge in [-0.2, -0.15) is 0 Å². The van der Waals surface area contributed by atoms with Crippen molar-refractivity contribution in [2.24, 2.45) is 0 Å². The second kappa shape index (κ2) is 3.58. The summed E-state index contributed by atoms with van der Waals surface area (Å²) in [6, 6.07) is 5.24. The van der Waals surface area contributed by atoms with E-state index in [-0.39, 0.29) is 5.69 Å². The number of benzene rings is 1. The molecule has 0 aliphatic heterocycles. The molecule has 1 aromatic heterocycles. The molecule has 0 fully saturated rings. The molecule has 0 saturated heterocycles. The van der Waals surface area contributed by atoms with Crippen molar-refractivity contribution in [2.45, 2.75) is 6.92 Å². The molecule has 1 heterocycles. The molecule has 0 atom stereocenters. The first kappa shape index (κ1) is 10.0. The minimum Gasteiger partial charge on any atom is -0.476 e. The fraction of sp³-hybridized carbons (Fsp3) is 0.100. The number of halogens is 1. The number of fused-ring (bicyclic) bond motifs is 1. The summed E-state index contributed by atoms with van der Waals surface area (Å²) in [5.74, 6) is -0.578. The summed E-state index contributed by atoms with van der Waals surface area (Å²) >= 11 is 3.31. The second-order valence-electron chi connectivity index (χ2n) is 3.09. The zero-order valence-corrected chi connectivity index (χ0v) is 9.45. The van der Waals surface area contributed by atoms with Gasteiger partial charge in [0, 0.05) is 9.86 Å². The number of aromatic carboxylic acids is 1. The van der Waals surface area contributed by atoms with Crippen LogP contribution in [0.3, 0.4) is 0 Å². The van der Waals surface area contributed by atoms with Gasteiger partial charge in [0.05, 0.1) is 5.52 Å². The predicted molar refractivity (Wildman–Crippen MR) is 58.9 cm³/mol. The maximum Gasteiger partial charge on any atom is 0.355 e. The van der Waals surface area contributed by atoms with Crippen molar-refractivity contribution in [3.05, 3.63) is 34.2 Å². The number of carboxylic acid groups (broad SMARTS) is 1.